The lowest BCUT2D eigenvalue weighted by atomic mass is 10.2. The molecule has 11 nitrogen and oxygen atoms in total. The molecule has 0 radical (unpaired) electrons. The summed E-state index contributed by atoms with van der Waals surface area (Å²) in [5.74, 6) is 0.357. The van der Waals surface area contributed by atoms with Gasteiger partial charge in [0.15, 0.2) is 0 Å². The number of nitriles is 2. The topological polar surface area (TPSA) is 180 Å². The van der Waals surface area contributed by atoms with Crippen LogP contribution in [0.15, 0.2) is 89.4 Å². The van der Waals surface area contributed by atoms with Gasteiger partial charge in [-0.2, -0.15) is 10.5 Å². The highest BCUT2D eigenvalue weighted by Gasteiger charge is 2.09. The van der Waals surface area contributed by atoms with Crippen molar-refractivity contribution in [1.82, 2.24) is 0 Å². The molecule has 206 valence electrons. The summed E-state index contributed by atoms with van der Waals surface area (Å²) < 4.78 is 5.77. The van der Waals surface area contributed by atoms with Gasteiger partial charge in [-0.15, -0.1) is 0 Å². The van der Waals surface area contributed by atoms with Crippen molar-refractivity contribution in [2.24, 2.45) is 0 Å². The van der Waals surface area contributed by atoms with E-state index < -0.39 is 12.1 Å². The van der Waals surface area contributed by atoms with Gasteiger partial charge in [0.25, 0.3) is 0 Å². The highest BCUT2D eigenvalue weighted by atomic mass is 79.9. The van der Waals surface area contributed by atoms with E-state index in [1.165, 1.54) is 36.4 Å². The number of hydrogen-bond acceptors (Lipinski definition) is 7. The first-order valence-corrected chi connectivity index (χ1v) is 12.5. The number of phenolic OH excluding ortho intramolecular Hbond substituents is 2. The van der Waals surface area contributed by atoms with Crippen LogP contribution in [-0.4, -0.2) is 29.4 Å². The molecule has 0 aliphatic heterocycles. The fourth-order valence-electron chi connectivity index (χ4n) is 3.21. The Bertz CT molecular complexity index is 1630. The number of carbonyl (C=O) groups excluding carboxylic acids is 2. The second-order valence-electron chi connectivity index (χ2n) is 8.05. The summed E-state index contributed by atoms with van der Waals surface area (Å²) in [6.45, 7) is 0. The molecule has 4 aromatic carbocycles. The van der Waals surface area contributed by atoms with E-state index in [1.807, 2.05) is 18.2 Å². The number of halogens is 1. The number of benzene rings is 4. The summed E-state index contributed by atoms with van der Waals surface area (Å²) in [6, 6.07) is 25.3. The molecule has 0 heterocycles. The molecule has 0 bridgehead atoms. The molecule has 0 aliphatic rings. The molecule has 4 amide bonds. The summed E-state index contributed by atoms with van der Waals surface area (Å²) in [7, 11) is 1.56. The number of carbonyl (C=O) groups is 2. The molecule has 4 aromatic rings. The first-order chi connectivity index (χ1) is 19.7. The Morgan fingerprint density at radius 2 is 1.20 bits per heavy atom. The SMILES string of the molecule is COc1ccc(NC(=O)Nc2ccc(C#N)cc2O)cc1.N#Cc1ccc(NC(=O)Nc2ccccc2Br)c(O)c1. The number of hydrogen-bond donors (Lipinski definition) is 6. The Kier molecular flexibility index (Phi) is 10.5. The molecule has 0 saturated heterocycles. The summed E-state index contributed by atoms with van der Waals surface area (Å²) in [4.78, 5) is 23.6. The number of amides is 4. The summed E-state index contributed by atoms with van der Waals surface area (Å²) in [5, 5.41) is 47.0. The van der Waals surface area contributed by atoms with Gasteiger partial charge in [-0.25, -0.2) is 9.59 Å². The van der Waals surface area contributed by atoms with Gasteiger partial charge < -0.3 is 36.2 Å². The van der Waals surface area contributed by atoms with E-state index in [2.05, 4.69) is 37.2 Å². The number of methoxy groups -OCH3 is 1. The molecular weight excluding hydrogens is 592 g/mol. The van der Waals surface area contributed by atoms with E-state index in [1.54, 1.807) is 49.6 Å². The predicted molar refractivity (Wildman–Crippen MR) is 158 cm³/mol. The molecular formula is C29H23BrN6O5. The molecule has 12 heteroatoms. The Labute approximate surface area is 243 Å². The zero-order valence-corrected chi connectivity index (χ0v) is 23.1. The first-order valence-electron chi connectivity index (χ1n) is 11.7. The highest BCUT2D eigenvalue weighted by Crippen LogP contribution is 2.26. The normalized spacial score (nSPS) is 9.56. The minimum atomic E-state index is -0.500. The first kappa shape index (κ1) is 29.8. The molecule has 0 aromatic heterocycles. The average molecular weight is 615 g/mol. The lowest BCUT2D eigenvalue weighted by molar-refractivity contribution is 0.261. The average Bonchev–Trinajstić information content (AvgIpc) is 2.97. The van der Waals surface area contributed by atoms with Crippen LogP contribution in [0.3, 0.4) is 0 Å². The second-order valence-corrected chi connectivity index (χ2v) is 8.91. The fraction of sp³-hybridized carbons (Fsp3) is 0.0345. The van der Waals surface area contributed by atoms with Crippen LogP contribution in [0.2, 0.25) is 0 Å². The standard InChI is InChI=1S/C15H13N3O3.C14H10BrN3O2/c1-21-12-5-3-11(4-6-12)17-15(20)18-13-7-2-10(9-16)8-14(13)19;15-10-3-1-2-4-11(10)17-14(20)18-12-6-5-9(8-16)7-13(12)19/h2-8,19H,1H3,(H2,17,18,20);1-7,19H,(H2,17,18,20). The van der Waals surface area contributed by atoms with Gasteiger partial charge in [-0.1, -0.05) is 12.1 Å². The van der Waals surface area contributed by atoms with Crippen molar-refractivity contribution >= 4 is 50.7 Å². The highest BCUT2D eigenvalue weighted by molar-refractivity contribution is 9.10. The Morgan fingerprint density at radius 3 is 1.66 bits per heavy atom. The van der Waals surface area contributed by atoms with E-state index in [0.29, 0.717) is 28.3 Å². The van der Waals surface area contributed by atoms with Crippen molar-refractivity contribution in [1.29, 1.82) is 10.5 Å². The van der Waals surface area contributed by atoms with Crippen molar-refractivity contribution in [3.05, 3.63) is 101 Å². The number of anilines is 4. The minimum absolute atomic E-state index is 0.161. The minimum Gasteiger partial charge on any atom is -0.506 e. The van der Waals surface area contributed by atoms with Gasteiger partial charge in [-0.3, -0.25) is 0 Å². The van der Waals surface area contributed by atoms with Crippen molar-refractivity contribution in [3.63, 3.8) is 0 Å². The maximum Gasteiger partial charge on any atom is 0.323 e. The van der Waals surface area contributed by atoms with Crippen molar-refractivity contribution < 1.29 is 24.5 Å². The van der Waals surface area contributed by atoms with E-state index in [0.717, 1.165) is 4.47 Å². The zero-order valence-electron chi connectivity index (χ0n) is 21.5. The molecule has 4 rings (SSSR count). The Balaban J connectivity index is 0.000000226. The van der Waals surface area contributed by atoms with Gasteiger partial charge in [0.1, 0.15) is 17.2 Å². The molecule has 0 aliphatic carbocycles. The van der Waals surface area contributed by atoms with Crippen LogP contribution < -0.4 is 26.0 Å². The molecule has 41 heavy (non-hydrogen) atoms. The van der Waals surface area contributed by atoms with Crippen LogP contribution in [0.5, 0.6) is 17.2 Å². The number of nitrogens with one attached hydrogen (secondary N) is 4. The third-order valence-corrected chi connectivity index (χ3v) is 5.91. The number of para-hydroxylation sites is 1. The van der Waals surface area contributed by atoms with Crippen LogP contribution >= 0.6 is 15.9 Å². The Morgan fingerprint density at radius 1 is 0.707 bits per heavy atom. The fourth-order valence-corrected chi connectivity index (χ4v) is 3.60. The molecule has 0 spiro atoms. The van der Waals surface area contributed by atoms with Crippen molar-refractivity contribution in [3.8, 4) is 29.4 Å². The molecule has 6 N–H and O–H groups in total. The summed E-state index contributed by atoms with van der Waals surface area (Å²) in [6.07, 6.45) is 0. The van der Waals surface area contributed by atoms with Gasteiger partial charge >= 0.3 is 12.1 Å². The molecule has 0 atom stereocenters. The lowest BCUT2D eigenvalue weighted by Crippen LogP contribution is -2.19. The van der Waals surface area contributed by atoms with E-state index in [4.69, 9.17) is 15.3 Å². The summed E-state index contributed by atoms with van der Waals surface area (Å²) in [5.41, 5.74) is 2.28. The van der Waals surface area contributed by atoms with Gasteiger partial charge in [-0.05, 0) is 88.7 Å². The van der Waals surface area contributed by atoms with Crippen LogP contribution in [-0.2, 0) is 0 Å². The van der Waals surface area contributed by atoms with Crippen LogP contribution in [0.4, 0.5) is 32.3 Å². The van der Waals surface area contributed by atoms with Gasteiger partial charge in [0.05, 0.1) is 47.4 Å². The van der Waals surface area contributed by atoms with Gasteiger partial charge in [0, 0.05) is 10.2 Å². The maximum absolute atomic E-state index is 11.8. The smallest absolute Gasteiger partial charge is 0.323 e. The second kappa shape index (κ2) is 14.4. The van der Waals surface area contributed by atoms with Gasteiger partial charge in [0.2, 0.25) is 0 Å². The number of ether oxygens (including phenoxy) is 1. The quantitative estimate of drug-likeness (QED) is 0.137. The monoisotopic (exact) mass is 614 g/mol. The number of rotatable bonds is 5. The zero-order chi connectivity index (χ0) is 29.8. The van der Waals surface area contributed by atoms with Crippen LogP contribution in [0.25, 0.3) is 0 Å². The Hall–Kier alpha value is -5.72. The van der Waals surface area contributed by atoms with Crippen molar-refractivity contribution in [2.45, 2.75) is 0 Å². The van der Waals surface area contributed by atoms with E-state index in [-0.39, 0.29) is 22.9 Å². The third-order valence-electron chi connectivity index (χ3n) is 5.22. The van der Waals surface area contributed by atoms with Crippen molar-refractivity contribution in [2.75, 3.05) is 28.4 Å². The lowest BCUT2D eigenvalue weighted by Gasteiger charge is -2.10. The number of aromatic hydroxyl groups is 2. The molecule has 0 unspecified atom stereocenters. The molecule has 0 fully saturated rings. The number of nitrogens with zero attached hydrogens (tertiary/aromatic N) is 2. The maximum atomic E-state index is 11.8. The third kappa shape index (κ3) is 8.92. The van der Waals surface area contributed by atoms with E-state index >= 15 is 0 Å². The number of urea groups is 2. The van der Waals surface area contributed by atoms with Crippen LogP contribution in [0, 0.1) is 22.7 Å². The summed E-state index contributed by atoms with van der Waals surface area (Å²) >= 11 is 3.32. The van der Waals surface area contributed by atoms with E-state index in [9.17, 15) is 19.8 Å². The molecule has 0 saturated carbocycles. The van der Waals surface area contributed by atoms with Crippen LogP contribution in [0.1, 0.15) is 11.1 Å². The largest absolute Gasteiger partial charge is 0.506 e. The number of phenols is 2. The predicted octanol–water partition coefficient (Wildman–Crippen LogP) is 6.59.